The third kappa shape index (κ3) is 2.48. The van der Waals surface area contributed by atoms with Crippen molar-refractivity contribution in [3.8, 4) is 0 Å². The van der Waals surface area contributed by atoms with Gasteiger partial charge in [-0.25, -0.2) is 0 Å². The van der Waals surface area contributed by atoms with E-state index < -0.39 is 36.3 Å². The van der Waals surface area contributed by atoms with E-state index in [2.05, 4.69) is 0 Å². The third-order valence-electron chi connectivity index (χ3n) is 3.91. The Hall–Kier alpha value is -3.28. The molecule has 1 aliphatic rings. The van der Waals surface area contributed by atoms with Gasteiger partial charge in [0, 0.05) is 47.0 Å². The van der Waals surface area contributed by atoms with Gasteiger partial charge in [0.2, 0.25) is 0 Å². The predicted molar refractivity (Wildman–Crippen MR) is 77.2 cm³/mol. The molecule has 0 spiro atoms. The molecule has 1 aliphatic carbocycles. The molecule has 0 atom stereocenters. The van der Waals surface area contributed by atoms with E-state index in [0.717, 1.165) is 0 Å². The summed E-state index contributed by atoms with van der Waals surface area (Å²) >= 11 is 0. The van der Waals surface area contributed by atoms with Gasteiger partial charge in [0.1, 0.15) is 0 Å². The number of ketones is 2. The number of rotatable bonds is 4. The molecule has 0 amide bonds. The van der Waals surface area contributed by atoms with Gasteiger partial charge in [-0.3, -0.25) is 9.59 Å². The first-order valence-corrected chi connectivity index (χ1v) is 7.13. The monoisotopic (exact) mass is 322 g/mol. The number of fused-ring (bicyclic) bond motifs is 2. The largest absolute Gasteiger partial charge is 0.550 e. The minimum Gasteiger partial charge on any atom is -0.550 e. The van der Waals surface area contributed by atoms with Crippen LogP contribution in [0, 0.1) is 0 Å². The normalized spacial score (nSPS) is 12.5. The summed E-state index contributed by atoms with van der Waals surface area (Å²) in [5, 5.41) is 21.8. The highest BCUT2D eigenvalue weighted by molar-refractivity contribution is 6.29. The molecule has 0 radical (unpaired) electrons. The molecule has 0 bridgehead atoms. The summed E-state index contributed by atoms with van der Waals surface area (Å²) in [4.78, 5) is 47.3. The summed E-state index contributed by atoms with van der Waals surface area (Å²) < 4.78 is 0. The van der Waals surface area contributed by atoms with Crippen LogP contribution in [0.2, 0.25) is 0 Å². The van der Waals surface area contributed by atoms with Crippen LogP contribution in [0.25, 0.3) is 0 Å². The van der Waals surface area contributed by atoms with Crippen molar-refractivity contribution < 1.29 is 29.4 Å². The van der Waals surface area contributed by atoms with Gasteiger partial charge in [-0.05, 0) is 11.1 Å². The molecule has 6 heteroatoms. The number of benzene rings is 2. The quantitative estimate of drug-likeness (QED) is 0.611. The summed E-state index contributed by atoms with van der Waals surface area (Å²) in [6, 6.07) is 8.76. The zero-order valence-corrected chi connectivity index (χ0v) is 12.3. The Kier molecular flexibility index (Phi) is 3.73. The molecule has 0 unspecified atom stereocenters. The fraction of sp³-hybridized carbons (Fsp3) is 0.111. The summed E-state index contributed by atoms with van der Waals surface area (Å²) in [6.07, 6.45) is -1.03. The number of carbonyl (C=O) groups is 4. The Morgan fingerprint density at radius 2 is 1.12 bits per heavy atom. The van der Waals surface area contributed by atoms with Crippen molar-refractivity contribution in [2.45, 2.75) is 12.8 Å². The Morgan fingerprint density at radius 1 is 0.708 bits per heavy atom. The standard InChI is InChI=1S/C18H12O6/c19-13(20)7-9-3-1-5-11-15(9)18(24)16-10(8-14(21)22)4-2-6-12(16)17(11)23/h1-6H,7-8H2,(H,19,20)(H,21,22)/p-2. The van der Waals surface area contributed by atoms with Gasteiger partial charge in [-0.1, -0.05) is 36.4 Å². The molecule has 24 heavy (non-hydrogen) atoms. The van der Waals surface area contributed by atoms with E-state index in [-0.39, 0.29) is 33.4 Å². The second kappa shape index (κ2) is 5.73. The fourth-order valence-electron chi connectivity index (χ4n) is 2.99. The Balaban J connectivity index is 2.24. The topological polar surface area (TPSA) is 114 Å². The summed E-state index contributed by atoms with van der Waals surface area (Å²) in [7, 11) is 0. The van der Waals surface area contributed by atoms with Crippen molar-refractivity contribution in [1.82, 2.24) is 0 Å². The fourth-order valence-corrected chi connectivity index (χ4v) is 2.99. The second-order valence-electron chi connectivity index (χ2n) is 5.44. The molecule has 0 aliphatic heterocycles. The Morgan fingerprint density at radius 3 is 1.50 bits per heavy atom. The van der Waals surface area contributed by atoms with Crippen molar-refractivity contribution in [2.75, 3.05) is 0 Å². The van der Waals surface area contributed by atoms with Crippen LogP contribution in [-0.4, -0.2) is 23.5 Å². The lowest BCUT2D eigenvalue weighted by Gasteiger charge is -2.22. The van der Waals surface area contributed by atoms with Gasteiger partial charge in [0.15, 0.2) is 11.6 Å². The molecule has 0 saturated carbocycles. The van der Waals surface area contributed by atoms with E-state index in [4.69, 9.17) is 0 Å². The van der Waals surface area contributed by atoms with Gasteiger partial charge in [-0.15, -0.1) is 0 Å². The predicted octanol–water partition coefficient (Wildman–Crippen LogP) is -0.953. The molecule has 120 valence electrons. The number of hydrogen-bond donors (Lipinski definition) is 0. The van der Waals surface area contributed by atoms with Crippen molar-refractivity contribution in [1.29, 1.82) is 0 Å². The molecule has 2 aromatic carbocycles. The van der Waals surface area contributed by atoms with Gasteiger partial charge in [-0.2, -0.15) is 0 Å². The average Bonchev–Trinajstić information content (AvgIpc) is 2.51. The van der Waals surface area contributed by atoms with Crippen LogP contribution in [0.5, 0.6) is 0 Å². The Labute approximate surface area is 136 Å². The summed E-state index contributed by atoms with van der Waals surface area (Å²) in [5.41, 5.74) is 0.531. The summed E-state index contributed by atoms with van der Waals surface area (Å²) in [6.45, 7) is 0. The SMILES string of the molecule is O=C([O-])Cc1cccc2c1C(=O)c1c(CC(=O)[O-])cccc1C2=O. The molecule has 0 fully saturated rings. The lowest BCUT2D eigenvalue weighted by Crippen LogP contribution is -2.30. The minimum atomic E-state index is -1.38. The van der Waals surface area contributed by atoms with Crippen molar-refractivity contribution in [3.05, 3.63) is 69.8 Å². The number of carbonyl (C=O) groups excluding carboxylic acids is 4. The highest BCUT2D eigenvalue weighted by atomic mass is 16.4. The third-order valence-corrected chi connectivity index (χ3v) is 3.91. The molecular formula is C18H10O6-2. The molecule has 3 rings (SSSR count). The molecule has 6 nitrogen and oxygen atoms in total. The van der Waals surface area contributed by atoms with Crippen molar-refractivity contribution >= 4 is 23.5 Å². The van der Waals surface area contributed by atoms with Crippen LogP contribution in [0.15, 0.2) is 36.4 Å². The number of hydrogen-bond acceptors (Lipinski definition) is 6. The molecule has 0 N–H and O–H groups in total. The highest BCUT2D eigenvalue weighted by Crippen LogP contribution is 2.31. The first kappa shape index (κ1) is 15.6. The molecule has 0 heterocycles. The lowest BCUT2D eigenvalue weighted by atomic mass is 9.79. The first-order chi connectivity index (χ1) is 11.4. The van der Waals surface area contributed by atoms with Crippen LogP contribution < -0.4 is 10.2 Å². The van der Waals surface area contributed by atoms with E-state index in [1.165, 1.54) is 36.4 Å². The number of carboxylic acid groups (broad SMARTS) is 2. The van der Waals surface area contributed by atoms with Gasteiger partial charge < -0.3 is 19.8 Å². The van der Waals surface area contributed by atoms with Gasteiger partial charge >= 0.3 is 0 Å². The maximum absolute atomic E-state index is 12.9. The van der Waals surface area contributed by atoms with E-state index >= 15 is 0 Å². The summed E-state index contributed by atoms with van der Waals surface area (Å²) in [5.74, 6) is -3.76. The number of carboxylic acids is 2. The van der Waals surface area contributed by atoms with Crippen LogP contribution in [0.1, 0.15) is 43.0 Å². The van der Waals surface area contributed by atoms with E-state index in [0.29, 0.717) is 0 Å². The molecule has 0 aromatic heterocycles. The first-order valence-electron chi connectivity index (χ1n) is 7.13. The van der Waals surface area contributed by atoms with E-state index in [1.54, 1.807) is 0 Å². The average molecular weight is 322 g/mol. The molecule has 0 saturated heterocycles. The molecule has 2 aromatic rings. The zero-order valence-electron chi connectivity index (χ0n) is 12.3. The maximum atomic E-state index is 12.9. The molecular weight excluding hydrogens is 312 g/mol. The zero-order chi connectivity index (χ0) is 17.4. The van der Waals surface area contributed by atoms with Crippen molar-refractivity contribution in [3.63, 3.8) is 0 Å². The smallest absolute Gasteiger partial charge is 0.195 e. The minimum absolute atomic E-state index is 0.00926. The lowest BCUT2D eigenvalue weighted by molar-refractivity contribution is -0.306. The van der Waals surface area contributed by atoms with Gasteiger partial charge in [0.05, 0.1) is 0 Å². The second-order valence-corrected chi connectivity index (χ2v) is 5.44. The van der Waals surface area contributed by atoms with Crippen LogP contribution in [-0.2, 0) is 22.4 Å². The highest BCUT2D eigenvalue weighted by Gasteiger charge is 2.33. The van der Waals surface area contributed by atoms with E-state index in [1.807, 2.05) is 0 Å². The van der Waals surface area contributed by atoms with Gasteiger partial charge in [0.25, 0.3) is 0 Å². The van der Waals surface area contributed by atoms with Crippen LogP contribution in [0.3, 0.4) is 0 Å². The Bertz CT molecular complexity index is 838. The van der Waals surface area contributed by atoms with E-state index in [9.17, 15) is 29.4 Å². The maximum Gasteiger partial charge on any atom is 0.195 e. The van der Waals surface area contributed by atoms with Crippen LogP contribution in [0.4, 0.5) is 0 Å². The van der Waals surface area contributed by atoms with Crippen molar-refractivity contribution in [2.24, 2.45) is 0 Å². The number of aliphatic carboxylic acids is 2. The van der Waals surface area contributed by atoms with Crippen LogP contribution >= 0.6 is 0 Å².